The maximum atomic E-state index is 12.0. The van der Waals surface area contributed by atoms with Gasteiger partial charge in [-0.25, -0.2) is 0 Å². The maximum Gasteiger partial charge on any atom is 0.307 e. The highest BCUT2D eigenvalue weighted by molar-refractivity contribution is 5.85. The van der Waals surface area contributed by atoms with Crippen LogP contribution in [0.2, 0.25) is 0 Å². The Balaban J connectivity index is 4.33. The Bertz CT molecular complexity index is 248. The number of likely N-dealkylation sites (N-methyl/N-ethyl adjacent to an activating group) is 1. The molecule has 0 aromatic rings. The minimum Gasteiger partial charge on any atom is -0.469 e. The molecule has 1 amide bonds. The van der Waals surface area contributed by atoms with E-state index in [1.807, 2.05) is 6.92 Å². The fraction of sp³-hybridized carbons (Fsp3) is 0.818. The van der Waals surface area contributed by atoms with Gasteiger partial charge in [-0.15, -0.1) is 0 Å². The number of rotatable bonds is 6. The van der Waals surface area contributed by atoms with Gasteiger partial charge < -0.3 is 14.4 Å². The van der Waals surface area contributed by atoms with Gasteiger partial charge in [-0.2, -0.15) is 0 Å². The van der Waals surface area contributed by atoms with E-state index in [1.54, 1.807) is 14.0 Å². The van der Waals surface area contributed by atoms with Gasteiger partial charge in [0.25, 0.3) is 5.91 Å². The first-order valence-electron chi connectivity index (χ1n) is 5.28. The lowest BCUT2D eigenvalue weighted by atomic mass is 10.0. The molecule has 5 heteroatoms. The number of ether oxygens (including phenoxy) is 2. The SMILES string of the molecule is CCC(C)(OC)C(=O)N(C)CCC(=O)OC. The van der Waals surface area contributed by atoms with Crippen molar-refractivity contribution < 1.29 is 19.1 Å². The van der Waals surface area contributed by atoms with E-state index in [9.17, 15) is 9.59 Å². The molecule has 0 bridgehead atoms. The molecule has 0 N–H and O–H groups in total. The minimum absolute atomic E-state index is 0.124. The summed E-state index contributed by atoms with van der Waals surface area (Å²) < 4.78 is 9.71. The van der Waals surface area contributed by atoms with Gasteiger partial charge in [0, 0.05) is 20.7 Å². The van der Waals surface area contributed by atoms with Crippen LogP contribution in [0.4, 0.5) is 0 Å². The van der Waals surface area contributed by atoms with E-state index in [1.165, 1.54) is 19.1 Å². The van der Waals surface area contributed by atoms with Gasteiger partial charge >= 0.3 is 5.97 Å². The molecule has 0 radical (unpaired) electrons. The summed E-state index contributed by atoms with van der Waals surface area (Å²) in [5.41, 5.74) is -0.815. The van der Waals surface area contributed by atoms with Crippen molar-refractivity contribution in [2.24, 2.45) is 0 Å². The zero-order chi connectivity index (χ0) is 12.8. The molecule has 1 unspecified atom stereocenters. The van der Waals surface area contributed by atoms with E-state index in [0.29, 0.717) is 13.0 Å². The zero-order valence-corrected chi connectivity index (χ0v) is 10.7. The van der Waals surface area contributed by atoms with Crippen LogP contribution in [0.1, 0.15) is 26.7 Å². The van der Waals surface area contributed by atoms with Gasteiger partial charge in [-0.3, -0.25) is 9.59 Å². The smallest absolute Gasteiger partial charge is 0.307 e. The van der Waals surface area contributed by atoms with Gasteiger partial charge in [-0.05, 0) is 13.3 Å². The molecule has 5 nitrogen and oxygen atoms in total. The average molecular weight is 231 g/mol. The third-order valence-electron chi connectivity index (χ3n) is 2.80. The first kappa shape index (κ1) is 14.9. The van der Waals surface area contributed by atoms with Crippen LogP contribution >= 0.6 is 0 Å². The summed E-state index contributed by atoms with van der Waals surface area (Å²) in [5, 5.41) is 0. The lowest BCUT2D eigenvalue weighted by molar-refractivity contribution is -0.152. The number of nitrogens with zero attached hydrogens (tertiary/aromatic N) is 1. The van der Waals surface area contributed by atoms with E-state index in [2.05, 4.69) is 4.74 Å². The summed E-state index contributed by atoms with van der Waals surface area (Å²) in [7, 11) is 4.49. The van der Waals surface area contributed by atoms with Crippen LogP contribution in [0, 0.1) is 0 Å². The Morgan fingerprint density at radius 3 is 2.25 bits per heavy atom. The van der Waals surface area contributed by atoms with Crippen LogP contribution in [0.3, 0.4) is 0 Å². The molecule has 0 rings (SSSR count). The molecule has 0 heterocycles. The number of amides is 1. The number of methoxy groups -OCH3 is 2. The molecule has 0 saturated heterocycles. The fourth-order valence-electron chi connectivity index (χ4n) is 1.25. The highest BCUT2D eigenvalue weighted by Crippen LogP contribution is 2.17. The Hall–Kier alpha value is -1.10. The van der Waals surface area contributed by atoms with Crippen molar-refractivity contribution in [1.82, 2.24) is 4.90 Å². The highest BCUT2D eigenvalue weighted by atomic mass is 16.5. The number of esters is 1. The van der Waals surface area contributed by atoms with Crippen molar-refractivity contribution >= 4 is 11.9 Å². The van der Waals surface area contributed by atoms with Crippen LogP contribution in [0.5, 0.6) is 0 Å². The molecule has 0 aromatic carbocycles. The van der Waals surface area contributed by atoms with Crippen molar-refractivity contribution in [3.63, 3.8) is 0 Å². The van der Waals surface area contributed by atoms with Crippen LogP contribution in [0.15, 0.2) is 0 Å². The van der Waals surface area contributed by atoms with Gasteiger partial charge in [0.05, 0.1) is 13.5 Å². The quantitative estimate of drug-likeness (QED) is 0.635. The predicted octanol–water partition coefficient (Wildman–Crippen LogP) is 0.823. The molecular weight excluding hydrogens is 210 g/mol. The Kier molecular flexibility index (Phi) is 6.03. The molecule has 0 aliphatic carbocycles. The number of carbonyl (C=O) groups is 2. The lowest BCUT2D eigenvalue weighted by Crippen LogP contribution is -2.47. The lowest BCUT2D eigenvalue weighted by Gasteiger charge is -2.30. The molecule has 0 spiro atoms. The van der Waals surface area contributed by atoms with Crippen LogP contribution in [0.25, 0.3) is 0 Å². The standard InChI is InChI=1S/C11H21NO4/c1-6-11(2,16-5)10(14)12(3)8-7-9(13)15-4/h6-8H2,1-5H3. The fourth-order valence-corrected chi connectivity index (χ4v) is 1.25. The molecule has 16 heavy (non-hydrogen) atoms. The monoisotopic (exact) mass is 231 g/mol. The molecule has 0 saturated carbocycles. The second-order valence-corrected chi connectivity index (χ2v) is 3.84. The number of hydrogen-bond acceptors (Lipinski definition) is 4. The molecule has 0 fully saturated rings. The Morgan fingerprint density at radius 1 is 1.31 bits per heavy atom. The average Bonchev–Trinajstić information content (AvgIpc) is 2.33. The first-order chi connectivity index (χ1) is 7.41. The third-order valence-corrected chi connectivity index (χ3v) is 2.80. The predicted molar refractivity (Wildman–Crippen MR) is 60.0 cm³/mol. The summed E-state index contributed by atoms with van der Waals surface area (Å²) in [6.45, 7) is 3.96. The molecule has 0 aromatic heterocycles. The van der Waals surface area contributed by atoms with Gasteiger partial charge in [0.1, 0.15) is 5.60 Å². The summed E-state index contributed by atoms with van der Waals surface area (Å²) >= 11 is 0. The second-order valence-electron chi connectivity index (χ2n) is 3.84. The van der Waals surface area contributed by atoms with E-state index in [4.69, 9.17) is 4.74 Å². The third kappa shape index (κ3) is 3.81. The molecule has 94 valence electrons. The summed E-state index contributed by atoms with van der Waals surface area (Å²) in [5.74, 6) is -0.448. The maximum absolute atomic E-state index is 12.0. The second kappa shape index (κ2) is 6.48. The summed E-state index contributed by atoms with van der Waals surface area (Å²) in [4.78, 5) is 24.4. The minimum atomic E-state index is -0.815. The Morgan fingerprint density at radius 2 is 1.88 bits per heavy atom. The zero-order valence-electron chi connectivity index (χ0n) is 10.7. The van der Waals surface area contributed by atoms with E-state index < -0.39 is 5.60 Å². The van der Waals surface area contributed by atoms with E-state index in [0.717, 1.165) is 0 Å². The molecule has 1 atom stereocenters. The summed E-state index contributed by atoms with van der Waals surface area (Å²) in [6, 6.07) is 0. The van der Waals surface area contributed by atoms with Gasteiger partial charge in [-0.1, -0.05) is 6.92 Å². The van der Waals surface area contributed by atoms with Gasteiger partial charge in [0.15, 0.2) is 0 Å². The normalized spacial score (nSPS) is 14.1. The molecule has 0 aliphatic rings. The van der Waals surface area contributed by atoms with Crippen molar-refractivity contribution in [1.29, 1.82) is 0 Å². The molecular formula is C11H21NO4. The number of carbonyl (C=O) groups excluding carboxylic acids is 2. The topological polar surface area (TPSA) is 55.8 Å². The van der Waals surface area contributed by atoms with Crippen molar-refractivity contribution in [3.8, 4) is 0 Å². The van der Waals surface area contributed by atoms with Crippen molar-refractivity contribution in [3.05, 3.63) is 0 Å². The summed E-state index contributed by atoms with van der Waals surface area (Å²) in [6.07, 6.45) is 0.785. The van der Waals surface area contributed by atoms with Crippen LogP contribution in [-0.4, -0.2) is 50.2 Å². The Labute approximate surface area is 96.7 Å². The van der Waals surface area contributed by atoms with E-state index in [-0.39, 0.29) is 18.3 Å². The van der Waals surface area contributed by atoms with Crippen molar-refractivity contribution in [2.45, 2.75) is 32.3 Å². The highest BCUT2D eigenvalue weighted by Gasteiger charge is 2.33. The van der Waals surface area contributed by atoms with E-state index >= 15 is 0 Å². The first-order valence-corrected chi connectivity index (χ1v) is 5.28. The molecule has 0 aliphatic heterocycles. The number of hydrogen-bond donors (Lipinski definition) is 0. The van der Waals surface area contributed by atoms with Crippen molar-refractivity contribution in [2.75, 3.05) is 27.8 Å². The van der Waals surface area contributed by atoms with Gasteiger partial charge in [0.2, 0.25) is 0 Å². The van der Waals surface area contributed by atoms with Crippen LogP contribution < -0.4 is 0 Å². The largest absolute Gasteiger partial charge is 0.469 e. The van der Waals surface area contributed by atoms with Crippen LogP contribution in [-0.2, 0) is 19.1 Å².